The van der Waals surface area contributed by atoms with Crippen LogP contribution in [0, 0.1) is 0 Å². The SMILES string of the molecule is COc1cc(C(=S)NCCCN2CCCC2=O)ccc1OCc1ccccc1. The number of methoxy groups -OCH3 is 1. The number of hydrogen-bond donors (Lipinski definition) is 1. The first-order chi connectivity index (χ1) is 13.7. The summed E-state index contributed by atoms with van der Waals surface area (Å²) in [6.45, 7) is 2.88. The highest BCUT2D eigenvalue weighted by Crippen LogP contribution is 2.29. The largest absolute Gasteiger partial charge is 0.493 e. The van der Waals surface area contributed by atoms with Crippen molar-refractivity contribution >= 4 is 23.1 Å². The number of thiocarbonyl (C=S) groups is 1. The van der Waals surface area contributed by atoms with E-state index in [-0.39, 0.29) is 5.91 Å². The van der Waals surface area contributed by atoms with Gasteiger partial charge in [-0.25, -0.2) is 0 Å². The number of nitrogens with zero attached hydrogens (tertiary/aromatic N) is 1. The lowest BCUT2D eigenvalue weighted by Gasteiger charge is -2.16. The molecule has 0 aromatic heterocycles. The van der Waals surface area contributed by atoms with Gasteiger partial charge in [-0.05, 0) is 36.6 Å². The number of rotatable bonds is 9. The Balaban J connectivity index is 1.50. The molecule has 2 aromatic rings. The maximum Gasteiger partial charge on any atom is 0.222 e. The second-order valence-corrected chi connectivity index (χ2v) is 7.14. The van der Waals surface area contributed by atoms with E-state index in [4.69, 9.17) is 21.7 Å². The molecular weight excluding hydrogens is 372 g/mol. The lowest BCUT2D eigenvalue weighted by Crippen LogP contribution is -2.30. The van der Waals surface area contributed by atoms with Crippen molar-refractivity contribution in [2.24, 2.45) is 0 Å². The number of nitrogens with one attached hydrogen (secondary N) is 1. The Bertz CT molecular complexity index is 811. The van der Waals surface area contributed by atoms with Gasteiger partial charge in [0.05, 0.1) is 7.11 Å². The minimum absolute atomic E-state index is 0.262. The smallest absolute Gasteiger partial charge is 0.222 e. The van der Waals surface area contributed by atoms with Crippen LogP contribution < -0.4 is 14.8 Å². The number of carbonyl (C=O) groups excluding carboxylic acids is 1. The van der Waals surface area contributed by atoms with Gasteiger partial charge >= 0.3 is 0 Å². The van der Waals surface area contributed by atoms with Crippen molar-refractivity contribution in [2.75, 3.05) is 26.7 Å². The quantitative estimate of drug-likeness (QED) is 0.517. The number of carbonyl (C=O) groups is 1. The topological polar surface area (TPSA) is 50.8 Å². The van der Waals surface area contributed by atoms with Crippen LogP contribution in [0.25, 0.3) is 0 Å². The van der Waals surface area contributed by atoms with Gasteiger partial charge in [0.1, 0.15) is 11.6 Å². The lowest BCUT2D eigenvalue weighted by atomic mass is 10.2. The van der Waals surface area contributed by atoms with E-state index >= 15 is 0 Å². The maximum atomic E-state index is 11.6. The minimum atomic E-state index is 0.262. The molecule has 1 heterocycles. The number of ether oxygens (including phenoxy) is 2. The predicted octanol–water partition coefficient (Wildman–Crippen LogP) is 3.55. The third-order valence-corrected chi connectivity index (χ3v) is 5.10. The second-order valence-electron chi connectivity index (χ2n) is 6.73. The molecular formula is C22H26N2O3S. The third-order valence-electron chi connectivity index (χ3n) is 4.72. The van der Waals surface area contributed by atoms with Crippen molar-refractivity contribution in [3.05, 3.63) is 59.7 Å². The van der Waals surface area contributed by atoms with E-state index in [2.05, 4.69) is 5.32 Å². The Morgan fingerprint density at radius 2 is 2.00 bits per heavy atom. The Morgan fingerprint density at radius 1 is 1.18 bits per heavy atom. The molecule has 5 nitrogen and oxygen atoms in total. The van der Waals surface area contributed by atoms with Gasteiger partial charge in [-0.1, -0.05) is 42.5 Å². The molecule has 0 saturated carbocycles. The third kappa shape index (κ3) is 5.45. The van der Waals surface area contributed by atoms with Gasteiger partial charge in [-0.15, -0.1) is 0 Å². The standard InChI is InChI=1S/C22H26N2O3S/c1-26-20-15-18(10-11-19(20)27-16-17-7-3-2-4-8-17)22(28)23-12-6-14-24-13-5-9-21(24)25/h2-4,7-8,10-11,15H,5-6,9,12-14,16H2,1H3,(H,23,28). The fourth-order valence-corrected chi connectivity index (χ4v) is 3.41. The van der Waals surface area contributed by atoms with Gasteiger partial charge in [0.2, 0.25) is 5.91 Å². The van der Waals surface area contributed by atoms with Gasteiger partial charge in [0.25, 0.3) is 0 Å². The Morgan fingerprint density at radius 3 is 2.71 bits per heavy atom. The summed E-state index contributed by atoms with van der Waals surface area (Å²) in [5, 5.41) is 3.26. The molecule has 1 amide bonds. The molecule has 28 heavy (non-hydrogen) atoms. The van der Waals surface area contributed by atoms with Crippen LogP contribution in [0.5, 0.6) is 11.5 Å². The molecule has 0 aliphatic carbocycles. The van der Waals surface area contributed by atoms with Crippen molar-refractivity contribution in [1.29, 1.82) is 0 Å². The van der Waals surface area contributed by atoms with Crippen LogP contribution in [0.15, 0.2) is 48.5 Å². The van der Waals surface area contributed by atoms with Crippen LogP contribution in [0.2, 0.25) is 0 Å². The Kier molecular flexibility index (Phi) is 7.25. The summed E-state index contributed by atoms with van der Waals surface area (Å²) < 4.78 is 11.4. The van der Waals surface area contributed by atoms with Crippen molar-refractivity contribution < 1.29 is 14.3 Å². The van der Waals surface area contributed by atoms with E-state index in [1.165, 1.54) is 0 Å². The van der Waals surface area contributed by atoms with Crippen LogP contribution in [-0.4, -0.2) is 42.5 Å². The summed E-state index contributed by atoms with van der Waals surface area (Å²) in [5.41, 5.74) is 1.98. The Labute approximate surface area is 171 Å². The van der Waals surface area contributed by atoms with Gasteiger partial charge in [-0.2, -0.15) is 0 Å². The van der Waals surface area contributed by atoms with E-state index in [0.717, 1.165) is 43.6 Å². The van der Waals surface area contributed by atoms with Crippen molar-refractivity contribution in [1.82, 2.24) is 10.2 Å². The second kappa shape index (κ2) is 10.1. The zero-order valence-electron chi connectivity index (χ0n) is 16.1. The van der Waals surface area contributed by atoms with Crippen molar-refractivity contribution in [3.8, 4) is 11.5 Å². The van der Waals surface area contributed by atoms with E-state index in [1.807, 2.05) is 53.4 Å². The van der Waals surface area contributed by atoms with E-state index < -0.39 is 0 Å². The summed E-state index contributed by atoms with van der Waals surface area (Å²) in [6, 6.07) is 15.7. The van der Waals surface area contributed by atoms with E-state index in [9.17, 15) is 4.79 Å². The summed E-state index contributed by atoms with van der Waals surface area (Å²) in [5.74, 6) is 1.60. The average Bonchev–Trinajstić information content (AvgIpc) is 3.14. The van der Waals surface area contributed by atoms with Crippen LogP contribution in [-0.2, 0) is 11.4 Å². The van der Waals surface area contributed by atoms with Crippen LogP contribution in [0.1, 0.15) is 30.4 Å². The van der Waals surface area contributed by atoms with E-state index in [0.29, 0.717) is 29.5 Å². The fourth-order valence-electron chi connectivity index (χ4n) is 3.18. The predicted molar refractivity (Wildman–Crippen MR) is 114 cm³/mol. The zero-order chi connectivity index (χ0) is 19.8. The molecule has 1 fully saturated rings. The first-order valence-electron chi connectivity index (χ1n) is 9.58. The molecule has 1 aliphatic rings. The summed E-state index contributed by atoms with van der Waals surface area (Å²) >= 11 is 5.50. The zero-order valence-corrected chi connectivity index (χ0v) is 17.0. The summed E-state index contributed by atoms with van der Waals surface area (Å²) in [7, 11) is 1.62. The van der Waals surface area contributed by atoms with Crippen molar-refractivity contribution in [2.45, 2.75) is 25.9 Å². The molecule has 1 aliphatic heterocycles. The normalized spacial score (nSPS) is 13.5. The van der Waals surface area contributed by atoms with Gasteiger partial charge < -0.3 is 19.7 Å². The highest BCUT2D eigenvalue weighted by molar-refractivity contribution is 7.80. The molecule has 0 atom stereocenters. The number of likely N-dealkylation sites (tertiary alicyclic amines) is 1. The van der Waals surface area contributed by atoms with Crippen LogP contribution in [0.4, 0.5) is 0 Å². The highest BCUT2D eigenvalue weighted by atomic mass is 32.1. The molecule has 1 N–H and O–H groups in total. The molecule has 0 bridgehead atoms. The molecule has 148 valence electrons. The molecule has 0 radical (unpaired) electrons. The van der Waals surface area contributed by atoms with Crippen LogP contribution >= 0.6 is 12.2 Å². The average molecular weight is 399 g/mol. The molecule has 6 heteroatoms. The molecule has 2 aromatic carbocycles. The maximum absolute atomic E-state index is 11.6. The monoisotopic (exact) mass is 398 g/mol. The number of amides is 1. The summed E-state index contributed by atoms with van der Waals surface area (Å²) in [4.78, 5) is 14.2. The van der Waals surface area contributed by atoms with Gasteiger partial charge in [0, 0.05) is 31.6 Å². The minimum Gasteiger partial charge on any atom is -0.493 e. The lowest BCUT2D eigenvalue weighted by molar-refractivity contribution is -0.127. The van der Waals surface area contributed by atoms with Gasteiger partial charge in [0.15, 0.2) is 11.5 Å². The van der Waals surface area contributed by atoms with Crippen LogP contribution in [0.3, 0.4) is 0 Å². The van der Waals surface area contributed by atoms with E-state index in [1.54, 1.807) is 7.11 Å². The molecule has 0 spiro atoms. The number of benzene rings is 2. The first kappa shape index (κ1) is 20.1. The fraction of sp³-hybridized carbons (Fsp3) is 0.364. The summed E-state index contributed by atoms with van der Waals surface area (Å²) in [6.07, 6.45) is 2.54. The highest BCUT2D eigenvalue weighted by Gasteiger charge is 2.19. The molecule has 0 unspecified atom stereocenters. The molecule has 3 rings (SSSR count). The van der Waals surface area contributed by atoms with Crippen molar-refractivity contribution in [3.63, 3.8) is 0 Å². The molecule has 1 saturated heterocycles. The first-order valence-corrected chi connectivity index (χ1v) is 9.99. The van der Waals surface area contributed by atoms with Gasteiger partial charge in [-0.3, -0.25) is 4.79 Å². The Hall–Kier alpha value is -2.60. The number of hydrogen-bond acceptors (Lipinski definition) is 4.